The smallest absolute Gasteiger partial charge is 0.416 e. The lowest BCUT2D eigenvalue weighted by Gasteiger charge is -2.09. The fourth-order valence-corrected chi connectivity index (χ4v) is 1.68. The maximum absolute atomic E-state index is 12.7. The first-order valence-corrected chi connectivity index (χ1v) is 5.58. The molecule has 0 aliphatic carbocycles. The van der Waals surface area contributed by atoms with E-state index in [-0.39, 0.29) is 17.0 Å². The predicted molar refractivity (Wildman–Crippen MR) is 65.9 cm³/mol. The molecular weight excluding hydrogens is 269 g/mol. The van der Waals surface area contributed by atoms with E-state index in [1.165, 1.54) is 31.4 Å². The van der Waals surface area contributed by atoms with Crippen molar-refractivity contribution in [2.24, 2.45) is 0 Å². The second-order valence-electron chi connectivity index (χ2n) is 3.97. The minimum Gasteiger partial charge on any atom is -0.497 e. The zero-order chi connectivity index (χ0) is 14.8. The highest BCUT2D eigenvalue weighted by Crippen LogP contribution is 2.32. The van der Waals surface area contributed by atoms with E-state index < -0.39 is 11.7 Å². The summed E-state index contributed by atoms with van der Waals surface area (Å²) < 4.78 is 43.0. The van der Waals surface area contributed by atoms with Gasteiger partial charge in [0, 0.05) is 17.7 Å². The number of pyridine rings is 1. The third-order valence-electron chi connectivity index (χ3n) is 2.63. The lowest BCUT2D eigenvalue weighted by molar-refractivity contribution is -0.137. The highest BCUT2D eigenvalue weighted by atomic mass is 19.4. The topological polar surface area (TPSA) is 45.9 Å². The van der Waals surface area contributed by atoms with Gasteiger partial charge in [-0.25, -0.2) is 4.98 Å². The highest BCUT2D eigenvalue weighted by Gasteiger charge is 2.30. The van der Waals surface area contributed by atoms with Gasteiger partial charge in [0.1, 0.15) is 17.5 Å². The van der Waals surface area contributed by atoms with Gasteiger partial charge in [-0.15, -0.1) is 0 Å². The number of halogens is 3. The van der Waals surface area contributed by atoms with Crippen molar-refractivity contribution in [1.29, 1.82) is 5.26 Å². The van der Waals surface area contributed by atoms with Gasteiger partial charge in [-0.3, -0.25) is 0 Å². The number of aromatic nitrogens is 1. The number of ether oxygens (including phenoxy) is 1. The van der Waals surface area contributed by atoms with Crippen molar-refractivity contribution in [3.63, 3.8) is 0 Å². The van der Waals surface area contributed by atoms with E-state index in [0.717, 1.165) is 12.1 Å². The largest absolute Gasteiger partial charge is 0.497 e. The molecule has 1 heterocycles. The fourth-order valence-electron chi connectivity index (χ4n) is 1.68. The molecule has 1 aromatic carbocycles. The van der Waals surface area contributed by atoms with Crippen LogP contribution in [0.4, 0.5) is 13.2 Å². The Bertz CT molecular complexity index is 675. The molecule has 2 aromatic rings. The van der Waals surface area contributed by atoms with Crippen molar-refractivity contribution in [3.8, 4) is 23.1 Å². The molecule has 0 aliphatic rings. The molecule has 0 atom stereocenters. The Morgan fingerprint density at radius 3 is 2.55 bits per heavy atom. The molecule has 0 saturated heterocycles. The molecule has 0 aliphatic heterocycles. The number of alkyl halides is 3. The van der Waals surface area contributed by atoms with Gasteiger partial charge < -0.3 is 4.74 Å². The van der Waals surface area contributed by atoms with Crippen LogP contribution in [-0.2, 0) is 6.18 Å². The molecule has 20 heavy (non-hydrogen) atoms. The highest BCUT2D eigenvalue weighted by molar-refractivity contribution is 5.63. The zero-order valence-electron chi connectivity index (χ0n) is 10.4. The molecule has 102 valence electrons. The van der Waals surface area contributed by atoms with Crippen LogP contribution < -0.4 is 4.74 Å². The van der Waals surface area contributed by atoms with Gasteiger partial charge in [-0.1, -0.05) is 12.1 Å². The second-order valence-corrected chi connectivity index (χ2v) is 3.97. The van der Waals surface area contributed by atoms with Gasteiger partial charge >= 0.3 is 6.18 Å². The van der Waals surface area contributed by atoms with Crippen LogP contribution in [-0.4, -0.2) is 12.1 Å². The van der Waals surface area contributed by atoms with Crippen molar-refractivity contribution in [3.05, 3.63) is 47.7 Å². The second kappa shape index (κ2) is 5.21. The Balaban J connectivity index is 2.54. The van der Waals surface area contributed by atoms with Crippen LogP contribution in [0.15, 0.2) is 36.4 Å². The molecule has 0 saturated carbocycles. The number of nitriles is 1. The van der Waals surface area contributed by atoms with Crippen molar-refractivity contribution < 1.29 is 17.9 Å². The normalized spacial score (nSPS) is 10.9. The van der Waals surface area contributed by atoms with Crippen LogP contribution in [0.2, 0.25) is 0 Å². The van der Waals surface area contributed by atoms with Crippen LogP contribution in [0.25, 0.3) is 11.3 Å². The van der Waals surface area contributed by atoms with Crippen LogP contribution in [0.3, 0.4) is 0 Å². The molecule has 3 nitrogen and oxygen atoms in total. The van der Waals surface area contributed by atoms with Gasteiger partial charge in [-0.05, 0) is 12.1 Å². The molecule has 2 rings (SSSR count). The SMILES string of the molecule is COc1cc(C#N)nc(-c2cccc(C(F)(F)F)c2)c1. The van der Waals surface area contributed by atoms with Gasteiger partial charge in [-0.2, -0.15) is 18.4 Å². The number of hydrogen-bond acceptors (Lipinski definition) is 3. The molecule has 0 fully saturated rings. The van der Waals surface area contributed by atoms with E-state index in [2.05, 4.69) is 4.98 Å². The van der Waals surface area contributed by atoms with Crippen molar-refractivity contribution in [1.82, 2.24) is 4.98 Å². The van der Waals surface area contributed by atoms with E-state index >= 15 is 0 Å². The molecule has 6 heteroatoms. The number of nitrogens with zero attached hydrogens (tertiary/aromatic N) is 2. The summed E-state index contributed by atoms with van der Waals surface area (Å²) in [7, 11) is 1.41. The maximum atomic E-state index is 12.7. The zero-order valence-corrected chi connectivity index (χ0v) is 10.4. The minimum atomic E-state index is -4.42. The molecule has 0 bridgehead atoms. The third-order valence-corrected chi connectivity index (χ3v) is 2.63. The molecule has 0 radical (unpaired) electrons. The summed E-state index contributed by atoms with van der Waals surface area (Å²) in [5.74, 6) is 0.365. The summed E-state index contributed by atoms with van der Waals surface area (Å²) in [6, 6.07) is 9.50. The first-order chi connectivity index (χ1) is 9.44. The van der Waals surface area contributed by atoms with E-state index in [9.17, 15) is 13.2 Å². The standard InChI is InChI=1S/C14H9F3N2O/c1-20-12-6-11(8-18)19-13(7-12)9-3-2-4-10(5-9)14(15,16)17/h2-7H,1H3. The Kier molecular flexibility index (Phi) is 3.61. The Hall–Kier alpha value is -2.55. The van der Waals surface area contributed by atoms with Gasteiger partial charge in [0.25, 0.3) is 0 Å². The van der Waals surface area contributed by atoms with Gasteiger partial charge in [0.15, 0.2) is 0 Å². The lowest BCUT2D eigenvalue weighted by atomic mass is 10.1. The first kappa shape index (κ1) is 13.9. The summed E-state index contributed by atoms with van der Waals surface area (Å²) in [6.07, 6.45) is -4.42. The predicted octanol–water partition coefficient (Wildman–Crippen LogP) is 3.65. The number of rotatable bonds is 2. The summed E-state index contributed by atoms with van der Waals surface area (Å²) in [6.45, 7) is 0. The lowest BCUT2D eigenvalue weighted by Crippen LogP contribution is -2.04. The van der Waals surface area contributed by atoms with Gasteiger partial charge in [0.2, 0.25) is 0 Å². The quantitative estimate of drug-likeness (QED) is 0.842. The monoisotopic (exact) mass is 278 g/mol. The Morgan fingerprint density at radius 2 is 1.95 bits per heavy atom. The molecule has 0 amide bonds. The van der Waals surface area contributed by atoms with Crippen LogP contribution in [0.1, 0.15) is 11.3 Å². The van der Waals surface area contributed by atoms with E-state index in [1.54, 1.807) is 0 Å². The van der Waals surface area contributed by atoms with Crippen LogP contribution in [0.5, 0.6) is 5.75 Å². The molecule has 0 spiro atoms. The molecule has 0 N–H and O–H groups in total. The number of hydrogen-bond donors (Lipinski definition) is 0. The van der Waals surface area contributed by atoms with Crippen LogP contribution >= 0.6 is 0 Å². The van der Waals surface area contributed by atoms with E-state index in [1.807, 2.05) is 6.07 Å². The summed E-state index contributed by atoms with van der Waals surface area (Å²) >= 11 is 0. The molecule has 1 aromatic heterocycles. The van der Waals surface area contributed by atoms with Crippen molar-refractivity contribution in [2.75, 3.05) is 7.11 Å². The Morgan fingerprint density at radius 1 is 1.20 bits per heavy atom. The first-order valence-electron chi connectivity index (χ1n) is 5.58. The minimum absolute atomic E-state index is 0.0803. The maximum Gasteiger partial charge on any atom is 0.416 e. The average Bonchev–Trinajstić information content (AvgIpc) is 2.46. The fraction of sp³-hybridized carbons (Fsp3) is 0.143. The molecular formula is C14H9F3N2O. The van der Waals surface area contributed by atoms with Crippen molar-refractivity contribution in [2.45, 2.75) is 6.18 Å². The van der Waals surface area contributed by atoms with Crippen molar-refractivity contribution >= 4 is 0 Å². The van der Waals surface area contributed by atoms with Crippen LogP contribution in [0, 0.1) is 11.3 Å². The molecule has 0 unspecified atom stereocenters. The van der Waals surface area contributed by atoms with Gasteiger partial charge in [0.05, 0.1) is 18.4 Å². The third kappa shape index (κ3) is 2.88. The average molecular weight is 278 g/mol. The number of methoxy groups -OCH3 is 1. The number of benzene rings is 1. The summed E-state index contributed by atoms with van der Waals surface area (Å²) in [5.41, 5.74) is -0.155. The summed E-state index contributed by atoms with van der Waals surface area (Å²) in [4.78, 5) is 3.98. The summed E-state index contributed by atoms with van der Waals surface area (Å²) in [5, 5.41) is 8.86. The Labute approximate surface area is 113 Å². The van der Waals surface area contributed by atoms with E-state index in [4.69, 9.17) is 10.00 Å². The van der Waals surface area contributed by atoms with E-state index in [0.29, 0.717) is 5.75 Å².